The molecule has 0 spiro atoms. The topological polar surface area (TPSA) is 45.9 Å². The smallest absolute Gasteiger partial charge is 0.225 e. The number of furan rings is 1. The van der Waals surface area contributed by atoms with Crippen molar-refractivity contribution in [1.29, 1.82) is 0 Å². The highest BCUT2D eigenvalue weighted by Gasteiger charge is 2.34. The number of carbonyl (C=O) groups is 1. The monoisotopic (exact) mass is 390 g/mol. The second kappa shape index (κ2) is 7.56. The average molecular weight is 390 g/mol. The molecule has 2 aliphatic rings. The van der Waals surface area contributed by atoms with Crippen molar-refractivity contribution in [2.24, 2.45) is 5.92 Å². The van der Waals surface area contributed by atoms with Gasteiger partial charge in [0.1, 0.15) is 17.1 Å². The van der Waals surface area contributed by atoms with E-state index in [9.17, 15) is 4.79 Å². The normalized spacial score (nSPS) is 17.6. The van der Waals surface area contributed by atoms with Crippen LogP contribution in [-0.4, -0.2) is 49.0 Å². The standard InChI is InChI=1S/C24H26N2O3/c1-28-23-5-3-2-4-21(23)18-8-9-22-19(14-18)15-20(29-22)16-25-10-12-26(13-11-25)24(27)17-6-7-17/h2-5,8-9,14-15,17H,6-7,10-13,16H2,1H3. The number of para-hydroxylation sites is 1. The minimum absolute atomic E-state index is 0.314. The summed E-state index contributed by atoms with van der Waals surface area (Å²) in [6.45, 7) is 4.25. The van der Waals surface area contributed by atoms with E-state index in [1.54, 1.807) is 7.11 Å². The van der Waals surface area contributed by atoms with Gasteiger partial charge in [0, 0.05) is 43.0 Å². The van der Waals surface area contributed by atoms with Gasteiger partial charge in [-0.3, -0.25) is 9.69 Å². The predicted octanol–water partition coefficient (Wildman–Crippen LogP) is 4.16. The molecule has 29 heavy (non-hydrogen) atoms. The molecule has 3 aromatic rings. The first-order valence-corrected chi connectivity index (χ1v) is 10.4. The number of amides is 1. The van der Waals surface area contributed by atoms with Crippen molar-refractivity contribution in [3.8, 4) is 16.9 Å². The molecule has 2 fully saturated rings. The summed E-state index contributed by atoms with van der Waals surface area (Å²) in [5.41, 5.74) is 3.10. The van der Waals surface area contributed by atoms with Crippen molar-refractivity contribution in [3.05, 3.63) is 54.3 Å². The molecule has 150 valence electrons. The molecule has 0 radical (unpaired) electrons. The zero-order valence-electron chi connectivity index (χ0n) is 16.8. The van der Waals surface area contributed by atoms with Crippen LogP contribution in [0.4, 0.5) is 0 Å². The largest absolute Gasteiger partial charge is 0.496 e. The number of methoxy groups -OCH3 is 1. The summed E-state index contributed by atoms with van der Waals surface area (Å²) in [5.74, 6) is 2.51. The third-order valence-electron chi connectivity index (χ3n) is 5.98. The second-order valence-electron chi connectivity index (χ2n) is 8.04. The molecule has 1 amide bonds. The van der Waals surface area contributed by atoms with Gasteiger partial charge in [-0.05, 0) is 42.7 Å². The van der Waals surface area contributed by atoms with Crippen molar-refractivity contribution < 1.29 is 13.9 Å². The minimum atomic E-state index is 0.314. The van der Waals surface area contributed by atoms with Gasteiger partial charge in [0.25, 0.3) is 0 Å². The molecule has 5 rings (SSSR count). The van der Waals surface area contributed by atoms with Crippen molar-refractivity contribution in [1.82, 2.24) is 9.80 Å². The van der Waals surface area contributed by atoms with Gasteiger partial charge in [0.15, 0.2) is 0 Å². The zero-order valence-corrected chi connectivity index (χ0v) is 16.8. The van der Waals surface area contributed by atoms with Crippen LogP contribution in [0.1, 0.15) is 18.6 Å². The van der Waals surface area contributed by atoms with Crippen LogP contribution in [0.25, 0.3) is 22.1 Å². The molecule has 1 aromatic heterocycles. The number of carbonyl (C=O) groups excluding carboxylic acids is 1. The first kappa shape index (κ1) is 18.3. The van der Waals surface area contributed by atoms with Crippen LogP contribution in [0.2, 0.25) is 0 Å². The Hall–Kier alpha value is -2.79. The molecule has 1 saturated carbocycles. The van der Waals surface area contributed by atoms with Crippen molar-refractivity contribution in [3.63, 3.8) is 0 Å². The Kier molecular flexibility index (Phi) is 4.76. The fourth-order valence-corrected chi connectivity index (χ4v) is 4.16. The molecule has 0 unspecified atom stereocenters. The summed E-state index contributed by atoms with van der Waals surface area (Å²) in [6, 6.07) is 16.5. The Labute approximate surface area is 170 Å². The lowest BCUT2D eigenvalue weighted by atomic mass is 10.0. The molecule has 0 N–H and O–H groups in total. The van der Waals surface area contributed by atoms with Crippen molar-refractivity contribution in [2.45, 2.75) is 19.4 Å². The van der Waals surface area contributed by atoms with E-state index in [1.165, 1.54) is 0 Å². The van der Waals surface area contributed by atoms with Crippen LogP contribution in [0.3, 0.4) is 0 Å². The third-order valence-corrected chi connectivity index (χ3v) is 5.98. The lowest BCUT2D eigenvalue weighted by Crippen LogP contribution is -2.48. The SMILES string of the molecule is COc1ccccc1-c1ccc2oc(CN3CCN(C(=O)C4CC4)CC3)cc2c1. The van der Waals surface area contributed by atoms with Gasteiger partial charge in [0.2, 0.25) is 5.91 Å². The van der Waals surface area contributed by atoms with Crippen molar-refractivity contribution >= 4 is 16.9 Å². The fourth-order valence-electron chi connectivity index (χ4n) is 4.16. The van der Waals surface area contributed by atoms with Gasteiger partial charge in [-0.1, -0.05) is 24.3 Å². The maximum atomic E-state index is 12.2. The Morgan fingerprint density at radius 2 is 1.86 bits per heavy atom. The number of nitrogens with zero attached hydrogens (tertiary/aromatic N) is 2. The molecular weight excluding hydrogens is 364 g/mol. The quantitative estimate of drug-likeness (QED) is 0.656. The second-order valence-corrected chi connectivity index (χ2v) is 8.04. The highest BCUT2D eigenvalue weighted by molar-refractivity contribution is 5.85. The van der Waals surface area contributed by atoms with Gasteiger partial charge < -0.3 is 14.1 Å². The molecule has 5 nitrogen and oxygen atoms in total. The molecule has 1 aliphatic heterocycles. The number of ether oxygens (including phenoxy) is 1. The Morgan fingerprint density at radius 3 is 2.62 bits per heavy atom. The Morgan fingerprint density at radius 1 is 1.07 bits per heavy atom. The van der Waals surface area contributed by atoms with E-state index in [1.807, 2.05) is 29.2 Å². The Bertz CT molecular complexity index is 1030. The lowest BCUT2D eigenvalue weighted by molar-refractivity contribution is -0.134. The van der Waals surface area contributed by atoms with Gasteiger partial charge in [-0.15, -0.1) is 0 Å². The number of hydrogen-bond donors (Lipinski definition) is 0. The average Bonchev–Trinajstić information content (AvgIpc) is 3.53. The van der Waals surface area contributed by atoms with E-state index >= 15 is 0 Å². The number of fused-ring (bicyclic) bond motifs is 1. The fraction of sp³-hybridized carbons (Fsp3) is 0.375. The summed E-state index contributed by atoms with van der Waals surface area (Å²) in [5, 5.41) is 1.10. The minimum Gasteiger partial charge on any atom is -0.496 e. The zero-order chi connectivity index (χ0) is 19.8. The summed E-state index contributed by atoms with van der Waals surface area (Å²) in [7, 11) is 1.70. The van der Waals surface area contributed by atoms with Crippen LogP contribution >= 0.6 is 0 Å². The molecule has 5 heteroatoms. The highest BCUT2D eigenvalue weighted by Crippen LogP contribution is 2.33. The summed E-state index contributed by atoms with van der Waals surface area (Å²) < 4.78 is 11.6. The number of hydrogen-bond acceptors (Lipinski definition) is 4. The summed E-state index contributed by atoms with van der Waals surface area (Å²) in [6.07, 6.45) is 2.16. The molecule has 0 atom stereocenters. The molecule has 2 heterocycles. The number of piperazine rings is 1. The maximum absolute atomic E-state index is 12.2. The molecule has 2 aromatic carbocycles. The predicted molar refractivity (Wildman–Crippen MR) is 113 cm³/mol. The van der Waals surface area contributed by atoms with E-state index in [0.29, 0.717) is 11.8 Å². The first-order valence-electron chi connectivity index (χ1n) is 10.4. The van der Waals surface area contributed by atoms with E-state index in [2.05, 4.69) is 29.2 Å². The highest BCUT2D eigenvalue weighted by atomic mass is 16.5. The van der Waals surface area contributed by atoms with Gasteiger partial charge in [-0.25, -0.2) is 0 Å². The maximum Gasteiger partial charge on any atom is 0.225 e. The summed E-state index contributed by atoms with van der Waals surface area (Å²) >= 11 is 0. The van der Waals surface area contributed by atoms with Crippen molar-refractivity contribution in [2.75, 3.05) is 33.3 Å². The number of benzene rings is 2. The first-order chi connectivity index (χ1) is 14.2. The molecule has 0 bridgehead atoms. The van der Waals surface area contributed by atoms with Crippen LogP contribution in [0.15, 0.2) is 52.9 Å². The van der Waals surface area contributed by atoms with E-state index in [0.717, 1.165) is 79.2 Å². The van der Waals surface area contributed by atoms with E-state index in [4.69, 9.17) is 9.15 Å². The van der Waals surface area contributed by atoms with Gasteiger partial charge in [0.05, 0.1) is 13.7 Å². The van der Waals surface area contributed by atoms with Gasteiger partial charge in [-0.2, -0.15) is 0 Å². The van der Waals surface area contributed by atoms with Gasteiger partial charge >= 0.3 is 0 Å². The summed E-state index contributed by atoms with van der Waals surface area (Å²) in [4.78, 5) is 16.6. The molecule has 1 saturated heterocycles. The van der Waals surface area contributed by atoms with Crippen LogP contribution < -0.4 is 4.74 Å². The molecule has 1 aliphatic carbocycles. The van der Waals surface area contributed by atoms with Crippen LogP contribution in [0, 0.1) is 5.92 Å². The lowest BCUT2D eigenvalue weighted by Gasteiger charge is -2.34. The van der Waals surface area contributed by atoms with Crippen LogP contribution in [0.5, 0.6) is 5.75 Å². The van der Waals surface area contributed by atoms with Crippen LogP contribution in [-0.2, 0) is 11.3 Å². The Balaban J connectivity index is 1.29. The van der Waals surface area contributed by atoms with E-state index < -0.39 is 0 Å². The third kappa shape index (κ3) is 3.75. The van der Waals surface area contributed by atoms with E-state index in [-0.39, 0.29) is 0 Å². The number of rotatable bonds is 5. The molecular formula is C24H26N2O3.